The van der Waals surface area contributed by atoms with Crippen molar-refractivity contribution in [3.05, 3.63) is 54.1 Å². The Hall–Kier alpha value is -3.35. The van der Waals surface area contributed by atoms with Crippen molar-refractivity contribution in [3.8, 4) is 11.5 Å². The fourth-order valence-electron chi connectivity index (χ4n) is 1.86. The minimum Gasteiger partial charge on any atom is -0.493 e. The van der Waals surface area contributed by atoms with Gasteiger partial charge in [0.05, 0.1) is 20.4 Å². The van der Waals surface area contributed by atoms with Crippen molar-refractivity contribution in [1.82, 2.24) is 5.43 Å². The highest BCUT2D eigenvalue weighted by Crippen LogP contribution is 2.26. The number of methoxy groups -OCH3 is 2. The first-order valence-electron chi connectivity index (χ1n) is 7.05. The van der Waals surface area contributed by atoms with Gasteiger partial charge in [-0.3, -0.25) is 9.59 Å². The van der Waals surface area contributed by atoms with Crippen LogP contribution in [-0.4, -0.2) is 32.2 Å². The Morgan fingerprint density at radius 3 is 2.33 bits per heavy atom. The second kappa shape index (κ2) is 8.33. The predicted octanol–water partition coefficient (Wildman–Crippen LogP) is 1.79. The average Bonchev–Trinajstić information content (AvgIpc) is 2.62. The summed E-state index contributed by atoms with van der Waals surface area (Å²) in [7, 11) is 3.06. The van der Waals surface area contributed by atoms with Gasteiger partial charge in [0.2, 0.25) is 0 Å². The molecule has 7 nitrogen and oxygen atoms in total. The van der Waals surface area contributed by atoms with Crippen molar-refractivity contribution >= 4 is 23.7 Å². The SMILES string of the molecule is COc1ccc(/C=N\NC(=O)C(=O)Nc2ccccc2)cc1OC. The molecule has 2 amide bonds. The molecule has 0 saturated heterocycles. The predicted molar refractivity (Wildman–Crippen MR) is 90.4 cm³/mol. The van der Waals surface area contributed by atoms with Crippen molar-refractivity contribution in [1.29, 1.82) is 0 Å². The second-order valence-electron chi connectivity index (χ2n) is 4.63. The van der Waals surface area contributed by atoms with Crippen LogP contribution in [-0.2, 0) is 9.59 Å². The van der Waals surface area contributed by atoms with E-state index in [-0.39, 0.29) is 0 Å². The molecule has 0 bridgehead atoms. The maximum atomic E-state index is 11.7. The van der Waals surface area contributed by atoms with E-state index in [2.05, 4.69) is 15.8 Å². The van der Waals surface area contributed by atoms with Crippen LogP contribution in [0.25, 0.3) is 0 Å². The summed E-state index contributed by atoms with van der Waals surface area (Å²) >= 11 is 0. The van der Waals surface area contributed by atoms with E-state index in [9.17, 15) is 9.59 Å². The zero-order valence-electron chi connectivity index (χ0n) is 13.3. The average molecular weight is 327 g/mol. The van der Waals surface area contributed by atoms with E-state index in [4.69, 9.17) is 9.47 Å². The molecule has 2 aromatic rings. The molecule has 2 rings (SSSR count). The van der Waals surface area contributed by atoms with Crippen LogP contribution in [0.1, 0.15) is 5.56 Å². The summed E-state index contributed by atoms with van der Waals surface area (Å²) in [5, 5.41) is 6.22. The molecule has 0 unspecified atom stereocenters. The summed E-state index contributed by atoms with van der Waals surface area (Å²) in [4.78, 5) is 23.4. The molecule has 0 spiro atoms. The monoisotopic (exact) mass is 327 g/mol. The number of carbonyl (C=O) groups is 2. The van der Waals surface area contributed by atoms with Gasteiger partial charge >= 0.3 is 11.8 Å². The number of rotatable bonds is 5. The number of carbonyl (C=O) groups excluding carboxylic acids is 2. The maximum Gasteiger partial charge on any atom is 0.329 e. The zero-order valence-corrected chi connectivity index (χ0v) is 13.3. The number of para-hydroxylation sites is 1. The maximum absolute atomic E-state index is 11.7. The summed E-state index contributed by atoms with van der Waals surface area (Å²) < 4.78 is 10.3. The van der Waals surface area contributed by atoms with E-state index in [1.54, 1.807) is 42.5 Å². The first-order valence-corrected chi connectivity index (χ1v) is 7.05. The number of hydrogen-bond acceptors (Lipinski definition) is 5. The molecule has 0 atom stereocenters. The highest BCUT2D eigenvalue weighted by atomic mass is 16.5. The number of benzene rings is 2. The molecule has 0 aromatic heterocycles. The molecule has 2 N–H and O–H groups in total. The lowest BCUT2D eigenvalue weighted by atomic mass is 10.2. The van der Waals surface area contributed by atoms with E-state index >= 15 is 0 Å². The smallest absolute Gasteiger partial charge is 0.329 e. The van der Waals surface area contributed by atoms with Gasteiger partial charge in [-0.05, 0) is 35.9 Å². The molecular weight excluding hydrogens is 310 g/mol. The largest absolute Gasteiger partial charge is 0.493 e. The number of amides is 2. The number of ether oxygens (including phenoxy) is 2. The third-order valence-electron chi connectivity index (χ3n) is 3.03. The van der Waals surface area contributed by atoms with Crippen LogP contribution in [0, 0.1) is 0 Å². The molecule has 7 heteroatoms. The normalized spacial score (nSPS) is 10.2. The quantitative estimate of drug-likeness (QED) is 0.498. The van der Waals surface area contributed by atoms with E-state index in [0.29, 0.717) is 22.7 Å². The molecule has 0 heterocycles. The summed E-state index contributed by atoms with van der Waals surface area (Å²) in [6.45, 7) is 0. The van der Waals surface area contributed by atoms with Gasteiger partial charge in [0.25, 0.3) is 0 Å². The van der Waals surface area contributed by atoms with Gasteiger partial charge in [-0.2, -0.15) is 5.10 Å². The molecule has 24 heavy (non-hydrogen) atoms. The molecule has 0 fully saturated rings. The summed E-state index contributed by atoms with van der Waals surface area (Å²) in [5.41, 5.74) is 3.37. The minimum atomic E-state index is -0.865. The Kier molecular flexibility index (Phi) is 5.90. The van der Waals surface area contributed by atoms with Crippen LogP contribution in [0.4, 0.5) is 5.69 Å². The zero-order chi connectivity index (χ0) is 17.4. The number of anilines is 1. The standard InChI is InChI=1S/C17H17N3O4/c1-23-14-9-8-12(10-15(14)24-2)11-18-20-17(22)16(21)19-13-6-4-3-5-7-13/h3-11H,1-2H3,(H,19,21)(H,20,22)/b18-11-. The van der Waals surface area contributed by atoms with Crippen molar-refractivity contribution < 1.29 is 19.1 Å². The van der Waals surface area contributed by atoms with E-state index in [1.165, 1.54) is 20.4 Å². The van der Waals surface area contributed by atoms with Gasteiger partial charge in [0, 0.05) is 5.69 Å². The van der Waals surface area contributed by atoms with Crippen LogP contribution in [0.3, 0.4) is 0 Å². The number of hydrazone groups is 1. The minimum absolute atomic E-state index is 0.529. The molecule has 0 saturated carbocycles. The van der Waals surface area contributed by atoms with E-state index in [1.807, 2.05) is 6.07 Å². The van der Waals surface area contributed by atoms with Crippen LogP contribution in [0.5, 0.6) is 11.5 Å². The van der Waals surface area contributed by atoms with E-state index in [0.717, 1.165) is 0 Å². The highest BCUT2D eigenvalue weighted by molar-refractivity contribution is 6.39. The van der Waals surface area contributed by atoms with E-state index < -0.39 is 11.8 Å². The first kappa shape index (κ1) is 17.0. The van der Waals surface area contributed by atoms with Crippen LogP contribution in [0.2, 0.25) is 0 Å². The number of hydrogen-bond donors (Lipinski definition) is 2. The Morgan fingerprint density at radius 1 is 0.958 bits per heavy atom. The Morgan fingerprint density at radius 2 is 1.67 bits per heavy atom. The van der Waals surface area contributed by atoms with Gasteiger partial charge in [-0.25, -0.2) is 5.43 Å². The van der Waals surface area contributed by atoms with Crippen molar-refractivity contribution in [2.24, 2.45) is 5.10 Å². The van der Waals surface area contributed by atoms with Gasteiger partial charge in [-0.15, -0.1) is 0 Å². The lowest BCUT2D eigenvalue weighted by Crippen LogP contribution is -2.32. The van der Waals surface area contributed by atoms with Crippen molar-refractivity contribution in [2.75, 3.05) is 19.5 Å². The van der Waals surface area contributed by atoms with Crippen LogP contribution in [0.15, 0.2) is 53.6 Å². The molecule has 0 aliphatic rings. The summed E-state index contributed by atoms with van der Waals surface area (Å²) in [5.74, 6) is -0.545. The number of nitrogens with zero attached hydrogens (tertiary/aromatic N) is 1. The van der Waals surface area contributed by atoms with Crippen molar-refractivity contribution in [2.45, 2.75) is 0 Å². The highest BCUT2D eigenvalue weighted by Gasteiger charge is 2.12. The topological polar surface area (TPSA) is 89.0 Å². The molecule has 0 aliphatic carbocycles. The molecule has 0 aliphatic heterocycles. The van der Waals surface area contributed by atoms with Gasteiger partial charge in [0.1, 0.15) is 0 Å². The third kappa shape index (κ3) is 4.57. The van der Waals surface area contributed by atoms with Crippen molar-refractivity contribution in [3.63, 3.8) is 0 Å². The van der Waals surface area contributed by atoms with Crippen LogP contribution >= 0.6 is 0 Å². The Labute approximate surface area is 139 Å². The molecule has 124 valence electrons. The fraction of sp³-hybridized carbons (Fsp3) is 0.118. The lowest BCUT2D eigenvalue weighted by molar-refractivity contribution is -0.136. The Balaban J connectivity index is 1.93. The molecular formula is C17H17N3O4. The fourth-order valence-corrected chi connectivity index (χ4v) is 1.86. The Bertz CT molecular complexity index is 745. The van der Waals surface area contributed by atoms with Gasteiger partial charge in [0.15, 0.2) is 11.5 Å². The van der Waals surface area contributed by atoms with Gasteiger partial charge < -0.3 is 14.8 Å². The number of nitrogens with one attached hydrogen (secondary N) is 2. The summed E-state index contributed by atoms with van der Waals surface area (Å²) in [6.07, 6.45) is 1.40. The third-order valence-corrected chi connectivity index (χ3v) is 3.03. The van der Waals surface area contributed by atoms with Gasteiger partial charge in [-0.1, -0.05) is 18.2 Å². The lowest BCUT2D eigenvalue weighted by Gasteiger charge is -2.07. The second-order valence-corrected chi connectivity index (χ2v) is 4.63. The molecule has 0 radical (unpaired) electrons. The first-order chi connectivity index (χ1) is 11.6. The summed E-state index contributed by atoms with van der Waals surface area (Å²) in [6, 6.07) is 13.8. The molecule has 2 aromatic carbocycles. The van der Waals surface area contributed by atoms with Crippen LogP contribution < -0.4 is 20.2 Å².